The zero-order valence-corrected chi connectivity index (χ0v) is 16.5. The van der Waals surface area contributed by atoms with Gasteiger partial charge in [-0.1, -0.05) is 0 Å². The number of sulfonamides is 1. The van der Waals surface area contributed by atoms with Crippen LogP contribution >= 0.6 is 12.4 Å². The van der Waals surface area contributed by atoms with Gasteiger partial charge in [-0.3, -0.25) is 9.59 Å². The summed E-state index contributed by atoms with van der Waals surface area (Å²) in [6.45, 7) is 2.76. The van der Waals surface area contributed by atoms with Crippen LogP contribution in [0.25, 0.3) is 0 Å². The molecule has 11 heteroatoms. The monoisotopic (exact) mass is 418 g/mol. The molecule has 0 aromatic heterocycles. The molecule has 1 fully saturated rings. The van der Waals surface area contributed by atoms with Gasteiger partial charge >= 0.3 is 0 Å². The zero-order chi connectivity index (χ0) is 18.9. The van der Waals surface area contributed by atoms with Crippen LogP contribution in [0.3, 0.4) is 0 Å². The Morgan fingerprint density at radius 2 is 1.96 bits per heavy atom. The third-order valence-electron chi connectivity index (χ3n) is 4.31. The number of nitrogens with two attached hydrogens (primary N) is 1. The van der Waals surface area contributed by atoms with Crippen LogP contribution in [-0.2, 0) is 19.6 Å². The summed E-state index contributed by atoms with van der Waals surface area (Å²) in [6, 6.07) is 4.16. The Bertz CT molecular complexity index is 822. The predicted octanol–water partition coefficient (Wildman–Crippen LogP) is 0.00950. The molecule has 2 aliphatic rings. The number of rotatable bonds is 4. The van der Waals surface area contributed by atoms with Gasteiger partial charge in [0.15, 0.2) is 6.61 Å². The van der Waals surface area contributed by atoms with E-state index in [0.717, 1.165) is 0 Å². The molecular formula is C16H23ClN4O5S. The van der Waals surface area contributed by atoms with E-state index in [-0.39, 0.29) is 61.3 Å². The van der Waals surface area contributed by atoms with Gasteiger partial charge < -0.3 is 20.7 Å². The fraction of sp³-hybridized carbons (Fsp3) is 0.500. The molecule has 27 heavy (non-hydrogen) atoms. The average Bonchev–Trinajstić information content (AvgIpc) is 2.60. The van der Waals surface area contributed by atoms with Crippen molar-refractivity contribution >= 4 is 39.9 Å². The van der Waals surface area contributed by atoms with Crippen molar-refractivity contribution in [2.75, 3.05) is 38.1 Å². The number of piperazine rings is 1. The Hall–Kier alpha value is -1.88. The number of fused-ring (bicyclic) bond motifs is 1. The first-order valence-electron chi connectivity index (χ1n) is 8.37. The lowest BCUT2D eigenvalue weighted by Crippen LogP contribution is -2.51. The summed E-state index contributed by atoms with van der Waals surface area (Å²) in [7, 11) is -3.72. The number of nitrogens with one attached hydrogen (secondary N) is 1. The molecule has 0 bridgehead atoms. The number of benzene rings is 1. The van der Waals surface area contributed by atoms with Crippen molar-refractivity contribution in [2.45, 2.75) is 24.3 Å². The highest BCUT2D eigenvalue weighted by Crippen LogP contribution is 2.31. The molecule has 1 aromatic carbocycles. The maximum absolute atomic E-state index is 12.9. The molecule has 2 heterocycles. The largest absolute Gasteiger partial charge is 0.482 e. The van der Waals surface area contributed by atoms with Gasteiger partial charge in [-0.2, -0.15) is 4.31 Å². The molecule has 3 N–H and O–H groups in total. The summed E-state index contributed by atoms with van der Waals surface area (Å²) in [5, 5.41) is 2.60. The molecule has 150 valence electrons. The normalized spacial score (nSPS) is 18.6. The summed E-state index contributed by atoms with van der Waals surface area (Å²) < 4.78 is 32.3. The molecule has 3 rings (SSSR count). The highest BCUT2D eigenvalue weighted by molar-refractivity contribution is 7.89. The minimum atomic E-state index is -3.72. The first-order chi connectivity index (χ1) is 12.3. The van der Waals surface area contributed by atoms with E-state index in [1.165, 1.54) is 22.5 Å². The first-order valence-corrected chi connectivity index (χ1v) is 9.81. The number of hydrogen-bond donors (Lipinski definition) is 2. The molecule has 0 aliphatic carbocycles. The molecular weight excluding hydrogens is 396 g/mol. The van der Waals surface area contributed by atoms with Crippen molar-refractivity contribution in [3.8, 4) is 5.75 Å². The van der Waals surface area contributed by atoms with Gasteiger partial charge in [0.1, 0.15) is 5.75 Å². The van der Waals surface area contributed by atoms with Crippen molar-refractivity contribution in [2.24, 2.45) is 5.73 Å². The molecule has 2 amide bonds. The number of halogens is 1. The Morgan fingerprint density at radius 3 is 2.59 bits per heavy atom. The smallest absolute Gasteiger partial charge is 0.262 e. The maximum Gasteiger partial charge on any atom is 0.262 e. The van der Waals surface area contributed by atoms with Gasteiger partial charge in [0.05, 0.1) is 10.6 Å². The molecule has 1 atom stereocenters. The third kappa shape index (κ3) is 4.70. The van der Waals surface area contributed by atoms with Gasteiger partial charge in [0.2, 0.25) is 15.9 Å². The quantitative estimate of drug-likeness (QED) is 0.710. The van der Waals surface area contributed by atoms with Crippen LogP contribution in [0.15, 0.2) is 23.1 Å². The van der Waals surface area contributed by atoms with E-state index in [1.54, 1.807) is 11.8 Å². The molecule has 2 aliphatic heterocycles. The number of amides is 2. The zero-order valence-electron chi connectivity index (χ0n) is 14.9. The van der Waals surface area contributed by atoms with Crippen LogP contribution in [0.5, 0.6) is 5.75 Å². The summed E-state index contributed by atoms with van der Waals surface area (Å²) in [4.78, 5) is 25.2. The number of carbonyl (C=O) groups excluding carboxylic acids is 2. The Balaban J connectivity index is 0.00000261. The van der Waals surface area contributed by atoms with Crippen molar-refractivity contribution in [1.29, 1.82) is 0 Å². The topological polar surface area (TPSA) is 122 Å². The van der Waals surface area contributed by atoms with Crippen molar-refractivity contribution in [1.82, 2.24) is 9.21 Å². The van der Waals surface area contributed by atoms with E-state index >= 15 is 0 Å². The second-order valence-electron chi connectivity index (χ2n) is 6.46. The summed E-state index contributed by atoms with van der Waals surface area (Å²) in [5.74, 6) is 0.0499. The van der Waals surface area contributed by atoms with Crippen molar-refractivity contribution in [3.63, 3.8) is 0 Å². The number of hydrogen-bond acceptors (Lipinski definition) is 6. The van der Waals surface area contributed by atoms with Gasteiger partial charge in [0, 0.05) is 38.6 Å². The minimum Gasteiger partial charge on any atom is -0.482 e. The number of carbonyl (C=O) groups is 2. The van der Waals surface area contributed by atoms with E-state index in [2.05, 4.69) is 5.32 Å². The lowest BCUT2D eigenvalue weighted by Gasteiger charge is -2.34. The second-order valence-corrected chi connectivity index (χ2v) is 8.40. The molecule has 1 aromatic rings. The van der Waals surface area contributed by atoms with E-state index in [1.807, 2.05) is 0 Å². The Labute approximate surface area is 164 Å². The molecule has 0 saturated carbocycles. The van der Waals surface area contributed by atoms with Crippen LogP contribution in [0, 0.1) is 0 Å². The van der Waals surface area contributed by atoms with Crippen molar-refractivity contribution < 1.29 is 22.7 Å². The Morgan fingerprint density at radius 1 is 1.30 bits per heavy atom. The molecule has 1 unspecified atom stereocenters. The first kappa shape index (κ1) is 21.4. The van der Waals surface area contributed by atoms with Gasteiger partial charge in [0.25, 0.3) is 5.91 Å². The van der Waals surface area contributed by atoms with E-state index in [9.17, 15) is 18.0 Å². The van der Waals surface area contributed by atoms with E-state index in [0.29, 0.717) is 24.5 Å². The molecule has 1 saturated heterocycles. The number of anilines is 1. The van der Waals surface area contributed by atoms with E-state index in [4.69, 9.17) is 10.5 Å². The summed E-state index contributed by atoms with van der Waals surface area (Å²) >= 11 is 0. The van der Waals surface area contributed by atoms with Crippen LogP contribution in [-0.4, -0.2) is 68.3 Å². The second kappa shape index (κ2) is 8.42. The van der Waals surface area contributed by atoms with Crippen LogP contribution in [0.4, 0.5) is 5.69 Å². The fourth-order valence-corrected chi connectivity index (χ4v) is 4.40. The fourth-order valence-electron chi connectivity index (χ4n) is 2.95. The van der Waals surface area contributed by atoms with Gasteiger partial charge in [-0.15, -0.1) is 12.4 Å². The maximum atomic E-state index is 12.9. The van der Waals surface area contributed by atoms with Crippen LogP contribution in [0.2, 0.25) is 0 Å². The number of ether oxygens (including phenoxy) is 1. The van der Waals surface area contributed by atoms with Crippen LogP contribution in [0.1, 0.15) is 13.3 Å². The highest BCUT2D eigenvalue weighted by Gasteiger charge is 2.31. The van der Waals surface area contributed by atoms with Gasteiger partial charge in [-0.05, 0) is 25.1 Å². The van der Waals surface area contributed by atoms with Crippen LogP contribution < -0.4 is 15.8 Å². The lowest BCUT2D eigenvalue weighted by atomic mass is 10.2. The third-order valence-corrected chi connectivity index (χ3v) is 6.20. The predicted molar refractivity (Wildman–Crippen MR) is 101 cm³/mol. The SMILES string of the molecule is CC(N)CC(=O)N1CCN(S(=O)(=O)c2ccc3c(c2)NC(=O)CO3)CC1.Cl. The average molecular weight is 419 g/mol. The Kier molecular flexibility index (Phi) is 6.68. The standard InChI is InChI=1S/C16H22N4O5S.ClH/c1-11(17)8-16(22)19-4-6-20(7-5-19)26(23,24)12-2-3-14-13(9-12)18-15(21)10-25-14;/h2-3,9,11H,4-8,10,17H2,1H3,(H,18,21);1H. The minimum absolute atomic E-state index is 0. The lowest BCUT2D eigenvalue weighted by molar-refractivity contribution is -0.132. The molecule has 9 nitrogen and oxygen atoms in total. The van der Waals surface area contributed by atoms with Crippen molar-refractivity contribution in [3.05, 3.63) is 18.2 Å². The highest BCUT2D eigenvalue weighted by atomic mass is 35.5. The summed E-state index contributed by atoms with van der Waals surface area (Å²) in [6.07, 6.45) is 0.247. The van der Waals surface area contributed by atoms with Gasteiger partial charge in [-0.25, -0.2) is 8.42 Å². The van der Waals surface area contributed by atoms with E-state index < -0.39 is 10.0 Å². The molecule has 0 spiro atoms. The molecule has 0 radical (unpaired) electrons. The summed E-state index contributed by atoms with van der Waals surface area (Å²) in [5.41, 5.74) is 5.98. The number of nitrogens with zero attached hydrogens (tertiary/aromatic N) is 2.